The fourth-order valence-electron chi connectivity index (χ4n) is 1.77. The van der Waals surface area contributed by atoms with Crippen LogP contribution in [0.1, 0.15) is 18.9 Å². The summed E-state index contributed by atoms with van der Waals surface area (Å²) in [6.45, 7) is 1.77. The largest absolute Gasteiger partial charge is 0.493 e. The Balaban J connectivity index is 2.87. The summed E-state index contributed by atoms with van der Waals surface area (Å²) in [5.41, 5.74) is 0.834. The fraction of sp³-hybridized carbons (Fsp3) is 0.429. The topological polar surface area (TPSA) is 55.8 Å². The van der Waals surface area contributed by atoms with E-state index in [0.29, 0.717) is 18.0 Å². The second-order valence-corrected chi connectivity index (χ2v) is 4.28. The zero-order valence-corrected chi connectivity index (χ0v) is 11.7. The van der Waals surface area contributed by atoms with Crippen molar-refractivity contribution in [2.75, 3.05) is 21.3 Å². The van der Waals surface area contributed by atoms with E-state index >= 15 is 0 Å². The molecule has 5 heteroatoms. The van der Waals surface area contributed by atoms with Gasteiger partial charge in [0.15, 0.2) is 11.5 Å². The molecule has 1 rings (SSSR count). The van der Waals surface area contributed by atoms with Crippen LogP contribution in [0.5, 0.6) is 11.5 Å². The van der Waals surface area contributed by atoms with Gasteiger partial charge in [-0.2, -0.15) is 0 Å². The molecule has 1 aromatic rings. The van der Waals surface area contributed by atoms with Crippen molar-refractivity contribution in [1.29, 1.82) is 0 Å². The number of hydrogen-bond donors (Lipinski definition) is 0. The van der Waals surface area contributed by atoms with Crippen LogP contribution in [0, 0.1) is 0 Å². The van der Waals surface area contributed by atoms with E-state index in [1.54, 1.807) is 27.3 Å². The van der Waals surface area contributed by atoms with Gasteiger partial charge in [-0.1, -0.05) is 12.1 Å². The first kappa shape index (κ1) is 15.0. The summed E-state index contributed by atoms with van der Waals surface area (Å²) >= 11 is 0. The van der Waals surface area contributed by atoms with Crippen molar-refractivity contribution in [2.45, 2.75) is 19.9 Å². The maximum absolute atomic E-state index is 11.7. The van der Waals surface area contributed by atoms with Crippen molar-refractivity contribution in [1.82, 2.24) is 4.90 Å². The summed E-state index contributed by atoms with van der Waals surface area (Å²) in [6.07, 6.45) is -0.0806. The number of carbonyl (C=O) groups excluding carboxylic acids is 2. The Kier molecular flexibility index (Phi) is 5.36. The molecule has 0 spiro atoms. The third kappa shape index (κ3) is 3.98. The smallest absolute Gasteiger partial charge is 0.230 e. The summed E-state index contributed by atoms with van der Waals surface area (Å²) in [5.74, 6) is 0.867. The third-order valence-corrected chi connectivity index (χ3v) is 2.72. The van der Waals surface area contributed by atoms with E-state index in [0.717, 1.165) is 5.56 Å². The molecule has 0 saturated carbocycles. The van der Waals surface area contributed by atoms with E-state index in [-0.39, 0.29) is 18.1 Å². The van der Waals surface area contributed by atoms with Gasteiger partial charge in [0.2, 0.25) is 5.91 Å². The molecule has 0 aromatic heterocycles. The van der Waals surface area contributed by atoms with Crippen LogP contribution in [0.3, 0.4) is 0 Å². The summed E-state index contributed by atoms with van der Waals surface area (Å²) in [4.78, 5) is 24.2. The average molecular weight is 265 g/mol. The number of rotatable bonds is 6. The van der Waals surface area contributed by atoms with Crippen molar-refractivity contribution < 1.29 is 19.1 Å². The maximum Gasteiger partial charge on any atom is 0.230 e. The Bertz CT molecular complexity index is 471. The molecule has 1 aromatic carbocycles. The van der Waals surface area contributed by atoms with Gasteiger partial charge in [0.1, 0.15) is 5.78 Å². The van der Waals surface area contributed by atoms with E-state index in [1.807, 2.05) is 12.1 Å². The van der Waals surface area contributed by atoms with Gasteiger partial charge < -0.3 is 14.4 Å². The monoisotopic (exact) mass is 265 g/mol. The molecule has 0 unspecified atom stereocenters. The van der Waals surface area contributed by atoms with Crippen LogP contribution in [0.25, 0.3) is 0 Å². The number of Topliss-reactive ketones (excluding diaryl/α,β-unsaturated/α-hetero) is 1. The second kappa shape index (κ2) is 6.78. The summed E-state index contributed by atoms with van der Waals surface area (Å²) in [6, 6.07) is 5.48. The number of para-hydroxylation sites is 1. The molecular weight excluding hydrogens is 246 g/mol. The zero-order chi connectivity index (χ0) is 14.4. The number of ketones is 1. The van der Waals surface area contributed by atoms with E-state index < -0.39 is 0 Å². The molecule has 0 bridgehead atoms. The number of ether oxygens (including phenoxy) is 2. The normalized spacial score (nSPS) is 9.89. The average Bonchev–Trinajstić information content (AvgIpc) is 2.37. The first-order valence-electron chi connectivity index (χ1n) is 5.92. The Morgan fingerprint density at radius 3 is 2.42 bits per heavy atom. The Morgan fingerprint density at radius 1 is 1.21 bits per heavy atom. The van der Waals surface area contributed by atoms with E-state index in [9.17, 15) is 9.59 Å². The Labute approximate surface area is 113 Å². The van der Waals surface area contributed by atoms with Crippen molar-refractivity contribution >= 4 is 11.7 Å². The quantitative estimate of drug-likeness (QED) is 0.734. The molecule has 0 atom stereocenters. The van der Waals surface area contributed by atoms with E-state index in [2.05, 4.69) is 0 Å². The molecule has 0 heterocycles. The lowest BCUT2D eigenvalue weighted by atomic mass is 10.1. The van der Waals surface area contributed by atoms with Crippen LogP contribution in [0.2, 0.25) is 0 Å². The van der Waals surface area contributed by atoms with Crippen molar-refractivity contribution in [3.05, 3.63) is 23.8 Å². The highest BCUT2D eigenvalue weighted by atomic mass is 16.5. The van der Waals surface area contributed by atoms with Crippen LogP contribution in [0.15, 0.2) is 18.2 Å². The first-order valence-corrected chi connectivity index (χ1v) is 5.92. The molecular formula is C14H19NO4. The highest BCUT2D eigenvalue weighted by Gasteiger charge is 2.15. The van der Waals surface area contributed by atoms with Crippen LogP contribution < -0.4 is 9.47 Å². The van der Waals surface area contributed by atoms with E-state index in [1.165, 1.54) is 11.8 Å². The van der Waals surface area contributed by atoms with Gasteiger partial charge >= 0.3 is 0 Å². The minimum atomic E-state index is -0.211. The predicted octanol–water partition coefficient (Wildman–Crippen LogP) is 1.64. The lowest BCUT2D eigenvalue weighted by molar-refractivity contribution is -0.134. The Morgan fingerprint density at radius 2 is 1.89 bits per heavy atom. The van der Waals surface area contributed by atoms with Crippen LogP contribution in [-0.2, 0) is 16.1 Å². The number of benzene rings is 1. The van der Waals surface area contributed by atoms with Crippen LogP contribution >= 0.6 is 0 Å². The van der Waals surface area contributed by atoms with E-state index in [4.69, 9.17) is 9.47 Å². The van der Waals surface area contributed by atoms with Crippen LogP contribution in [0.4, 0.5) is 0 Å². The van der Waals surface area contributed by atoms with Gasteiger partial charge in [0.05, 0.1) is 20.6 Å². The van der Waals surface area contributed by atoms with Gasteiger partial charge in [-0.05, 0) is 13.0 Å². The van der Waals surface area contributed by atoms with Gasteiger partial charge in [0.25, 0.3) is 0 Å². The highest BCUT2D eigenvalue weighted by Crippen LogP contribution is 2.31. The predicted molar refractivity (Wildman–Crippen MR) is 71.3 cm³/mol. The number of nitrogens with zero attached hydrogens (tertiary/aromatic N) is 1. The molecule has 0 saturated heterocycles. The van der Waals surface area contributed by atoms with Crippen molar-refractivity contribution in [3.63, 3.8) is 0 Å². The molecule has 19 heavy (non-hydrogen) atoms. The molecule has 0 radical (unpaired) electrons. The van der Waals surface area contributed by atoms with Crippen LogP contribution in [-0.4, -0.2) is 37.9 Å². The fourth-order valence-corrected chi connectivity index (χ4v) is 1.77. The van der Waals surface area contributed by atoms with Gasteiger partial charge in [-0.15, -0.1) is 0 Å². The molecule has 0 aliphatic carbocycles. The van der Waals surface area contributed by atoms with Gasteiger partial charge in [-0.25, -0.2) is 0 Å². The lowest BCUT2D eigenvalue weighted by Gasteiger charge is -2.19. The number of hydrogen-bond acceptors (Lipinski definition) is 4. The molecule has 0 N–H and O–H groups in total. The minimum absolute atomic E-state index is 0.0806. The summed E-state index contributed by atoms with van der Waals surface area (Å²) in [5, 5.41) is 0. The standard InChI is InChI=1S/C14H19NO4/c1-10(16)8-13(17)15(2)9-11-6-5-7-12(18-3)14(11)19-4/h5-7H,8-9H2,1-4H3. The van der Waals surface area contributed by atoms with Gasteiger partial charge in [0, 0.05) is 19.2 Å². The lowest BCUT2D eigenvalue weighted by Crippen LogP contribution is -2.27. The van der Waals surface area contributed by atoms with Crippen molar-refractivity contribution in [2.24, 2.45) is 0 Å². The molecule has 0 aliphatic rings. The summed E-state index contributed by atoms with van der Waals surface area (Å²) in [7, 11) is 4.77. The number of carbonyl (C=O) groups is 2. The third-order valence-electron chi connectivity index (χ3n) is 2.72. The molecule has 0 fully saturated rings. The zero-order valence-electron chi connectivity index (χ0n) is 11.7. The molecule has 1 amide bonds. The number of methoxy groups -OCH3 is 2. The van der Waals surface area contributed by atoms with Crippen molar-refractivity contribution in [3.8, 4) is 11.5 Å². The molecule has 5 nitrogen and oxygen atoms in total. The number of amides is 1. The maximum atomic E-state index is 11.7. The summed E-state index contributed by atoms with van der Waals surface area (Å²) < 4.78 is 10.5. The van der Waals surface area contributed by atoms with Gasteiger partial charge in [-0.3, -0.25) is 9.59 Å². The first-order chi connectivity index (χ1) is 8.99. The Hall–Kier alpha value is -2.04. The highest BCUT2D eigenvalue weighted by molar-refractivity contribution is 5.96. The minimum Gasteiger partial charge on any atom is -0.493 e. The molecule has 104 valence electrons. The SMILES string of the molecule is COc1cccc(CN(C)C(=O)CC(C)=O)c1OC. The second-order valence-electron chi connectivity index (χ2n) is 4.28. The molecule has 0 aliphatic heterocycles.